The number of rotatable bonds is 3. The van der Waals surface area contributed by atoms with Gasteiger partial charge < -0.3 is 14.9 Å². The first-order chi connectivity index (χ1) is 8.11. The molecule has 1 aromatic carbocycles. The van der Waals surface area contributed by atoms with Gasteiger partial charge in [-0.15, -0.1) is 0 Å². The number of nitro groups is 1. The van der Waals surface area contributed by atoms with E-state index in [1.807, 2.05) is 0 Å². The van der Waals surface area contributed by atoms with Crippen molar-refractivity contribution in [2.45, 2.75) is 24.7 Å². The van der Waals surface area contributed by atoms with E-state index in [0.717, 1.165) is 5.56 Å². The van der Waals surface area contributed by atoms with Crippen LogP contribution in [0, 0.1) is 10.1 Å². The number of aliphatic hydroxyl groups excluding tert-OH is 2. The lowest BCUT2D eigenvalue weighted by molar-refractivity contribution is -0.384. The van der Waals surface area contributed by atoms with Crippen molar-refractivity contribution in [3.05, 3.63) is 39.9 Å². The first kappa shape index (κ1) is 12.0. The van der Waals surface area contributed by atoms with Gasteiger partial charge in [0.05, 0.1) is 23.7 Å². The Kier molecular flexibility index (Phi) is 3.37. The van der Waals surface area contributed by atoms with Crippen LogP contribution < -0.4 is 0 Å². The molecule has 1 aliphatic heterocycles. The van der Waals surface area contributed by atoms with E-state index in [1.165, 1.54) is 12.1 Å². The fourth-order valence-electron chi connectivity index (χ4n) is 1.92. The Hall–Kier alpha value is -1.50. The fraction of sp³-hybridized carbons (Fsp3) is 0.455. The van der Waals surface area contributed by atoms with Crippen molar-refractivity contribution in [2.75, 3.05) is 6.61 Å². The van der Waals surface area contributed by atoms with E-state index in [0.29, 0.717) is 6.42 Å². The van der Waals surface area contributed by atoms with E-state index >= 15 is 0 Å². The number of nitrogens with zero attached hydrogens (tertiary/aromatic N) is 1. The second kappa shape index (κ2) is 4.79. The van der Waals surface area contributed by atoms with Crippen molar-refractivity contribution >= 4 is 5.69 Å². The van der Waals surface area contributed by atoms with E-state index < -0.39 is 17.1 Å². The molecule has 2 N–H and O–H groups in total. The van der Waals surface area contributed by atoms with Gasteiger partial charge in [-0.05, 0) is 17.7 Å². The molecule has 92 valence electrons. The van der Waals surface area contributed by atoms with E-state index in [2.05, 4.69) is 0 Å². The Morgan fingerprint density at radius 3 is 2.53 bits per heavy atom. The molecule has 1 unspecified atom stereocenters. The standard InChI is InChI=1S/C11H13NO5/c13-6-11-9(14)5-10(17-11)7-1-3-8(4-2-7)12(15)16/h1-4,9-11,13-14H,5-6H2/t9-,10?,11+/m0/s1. The lowest BCUT2D eigenvalue weighted by atomic mass is 10.0. The van der Waals surface area contributed by atoms with Gasteiger partial charge in [0, 0.05) is 18.6 Å². The third kappa shape index (κ3) is 2.44. The number of ether oxygens (including phenoxy) is 1. The minimum absolute atomic E-state index is 0.0194. The van der Waals surface area contributed by atoms with Crippen LogP contribution in [0.5, 0.6) is 0 Å². The Morgan fingerprint density at radius 2 is 2.06 bits per heavy atom. The SMILES string of the molecule is O=[N+]([O-])c1ccc(C2C[C@H](O)[C@@H](CO)O2)cc1. The molecule has 3 atom stereocenters. The average Bonchev–Trinajstić information content (AvgIpc) is 2.70. The van der Waals surface area contributed by atoms with Gasteiger partial charge in [-0.1, -0.05) is 0 Å². The number of non-ortho nitro benzene ring substituents is 1. The van der Waals surface area contributed by atoms with Gasteiger partial charge in [0.1, 0.15) is 6.10 Å². The molecule has 0 saturated carbocycles. The second-order valence-electron chi connectivity index (χ2n) is 4.00. The summed E-state index contributed by atoms with van der Waals surface area (Å²) in [6.45, 7) is -0.231. The highest BCUT2D eigenvalue weighted by Gasteiger charge is 2.34. The van der Waals surface area contributed by atoms with Crippen LogP contribution in [0.4, 0.5) is 5.69 Å². The third-order valence-electron chi connectivity index (χ3n) is 2.88. The molecule has 6 heteroatoms. The van der Waals surface area contributed by atoms with Crippen LogP contribution in [0.15, 0.2) is 24.3 Å². The maximum atomic E-state index is 10.5. The fourth-order valence-corrected chi connectivity index (χ4v) is 1.92. The highest BCUT2D eigenvalue weighted by atomic mass is 16.6. The zero-order chi connectivity index (χ0) is 12.4. The summed E-state index contributed by atoms with van der Waals surface area (Å²) >= 11 is 0. The Labute approximate surface area is 97.6 Å². The van der Waals surface area contributed by atoms with Crippen molar-refractivity contribution < 1.29 is 19.9 Å². The monoisotopic (exact) mass is 239 g/mol. The minimum Gasteiger partial charge on any atom is -0.394 e. The third-order valence-corrected chi connectivity index (χ3v) is 2.88. The molecule has 0 bridgehead atoms. The van der Waals surface area contributed by atoms with Crippen LogP contribution in [0.3, 0.4) is 0 Å². The molecule has 0 aromatic heterocycles. The molecule has 6 nitrogen and oxygen atoms in total. The molecule has 0 aliphatic carbocycles. The van der Waals surface area contributed by atoms with Crippen LogP contribution in [-0.2, 0) is 4.74 Å². The zero-order valence-electron chi connectivity index (χ0n) is 9.02. The molecule has 1 saturated heterocycles. The van der Waals surface area contributed by atoms with Crippen LogP contribution in [0.2, 0.25) is 0 Å². The molecule has 1 heterocycles. The maximum absolute atomic E-state index is 10.5. The van der Waals surface area contributed by atoms with Gasteiger partial charge in [0.15, 0.2) is 0 Å². The number of nitro benzene ring substituents is 1. The summed E-state index contributed by atoms with van der Waals surface area (Å²) < 4.78 is 5.44. The van der Waals surface area contributed by atoms with E-state index in [-0.39, 0.29) is 18.4 Å². The molecule has 1 aromatic rings. The highest BCUT2D eigenvalue weighted by molar-refractivity contribution is 5.34. The van der Waals surface area contributed by atoms with Crippen LogP contribution >= 0.6 is 0 Å². The predicted molar refractivity (Wildman–Crippen MR) is 58.4 cm³/mol. The summed E-state index contributed by atoms with van der Waals surface area (Å²) in [4.78, 5) is 10.0. The lowest BCUT2D eigenvalue weighted by Crippen LogP contribution is -2.24. The van der Waals surface area contributed by atoms with E-state index in [4.69, 9.17) is 9.84 Å². The first-order valence-corrected chi connectivity index (χ1v) is 5.30. The smallest absolute Gasteiger partial charge is 0.269 e. The molecule has 1 fully saturated rings. The molecule has 0 spiro atoms. The van der Waals surface area contributed by atoms with Gasteiger partial charge >= 0.3 is 0 Å². The van der Waals surface area contributed by atoms with Gasteiger partial charge in [-0.3, -0.25) is 10.1 Å². The minimum atomic E-state index is -0.694. The van der Waals surface area contributed by atoms with Gasteiger partial charge in [0.2, 0.25) is 0 Å². The van der Waals surface area contributed by atoms with Gasteiger partial charge in [-0.25, -0.2) is 0 Å². The van der Waals surface area contributed by atoms with Crippen molar-refractivity contribution in [2.24, 2.45) is 0 Å². The summed E-state index contributed by atoms with van der Waals surface area (Å²) in [5.74, 6) is 0. The highest BCUT2D eigenvalue weighted by Crippen LogP contribution is 2.33. The topological polar surface area (TPSA) is 92.8 Å². The summed E-state index contributed by atoms with van der Waals surface area (Å²) in [7, 11) is 0. The molecule has 0 radical (unpaired) electrons. The zero-order valence-corrected chi connectivity index (χ0v) is 9.02. The summed E-state index contributed by atoms with van der Waals surface area (Å²) in [6, 6.07) is 6.01. The molecule has 0 amide bonds. The van der Waals surface area contributed by atoms with Crippen LogP contribution in [0.25, 0.3) is 0 Å². The van der Waals surface area contributed by atoms with Crippen LogP contribution in [0.1, 0.15) is 18.1 Å². The van der Waals surface area contributed by atoms with Crippen molar-refractivity contribution in [3.63, 3.8) is 0 Å². The molecule has 2 rings (SSSR count). The van der Waals surface area contributed by atoms with Crippen molar-refractivity contribution in [3.8, 4) is 0 Å². The van der Waals surface area contributed by atoms with E-state index in [9.17, 15) is 15.2 Å². The molecular weight excluding hydrogens is 226 g/mol. The number of benzene rings is 1. The Morgan fingerprint density at radius 1 is 1.41 bits per heavy atom. The quantitative estimate of drug-likeness (QED) is 0.600. The first-order valence-electron chi connectivity index (χ1n) is 5.30. The number of aliphatic hydroxyl groups is 2. The molecule has 17 heavy (non-hydrogen) atoms. The summed E-state index contributed by atoms with van der Waals surface area (Å²) in [5.41, 5.74) is 0.789. The maximum Gasteiger partial charge on any atom is 0.269 e. The number of hydrogen-bond donors (Lipinski definition) is 2. The lowest BCUT2D eigenvalue weighted by Gasteiger charge is -2.11. The summed E-state index contributed by atoms with van der Waals surface area (Å²) in [6.07, 6.45) is -1.19. The Balaban J connectivity index is 2.11. The molecule has 1 aliphatic rings. The van der Waals surface area contributed by atoms with Crippen LogP contribution in [-0.4, -0.2) is 34.0 Å². The van der Waals surface area contributed by atoms with E-state index in [1.54, 1.807) is 12.1 Å². The van der Waals surface area contributed by atoms with Crippen molar-refractivity contribution in [1.82, 2.24) is 0 Å². The second-order valence-corrected chi connectivity index (χ2v) is 4.00. The average molecular weight is 239 g/mol. The summed E-state index contributed by atoms with van der Waals surface area (Å²) in [5, 5.41) is 29.0. The van der Waals surface area contributed by atoms with Crippen molar-refractivity contribution in [1.29, 1.82) is 0 Å². The Bertz CT molecular complexity index is 405. The van der Waals surface area contributed by atoms with Gasteiger partial charge in [-0.2, -0.15) is 0 Å². The largest absolute Gasteiger partial charge is 0.394 e. The normalized spacial score (nSPS) is 28.2. The predicted octanol–water partition coefficient (Wildman–Crippen LogP) is 0.778. The number of hydrogen-bond acceptors (Lipinski definition) is 5. The van der Waals surface area contributed by atoms with Gasteiger partial charge in [0.25, 0.3) is 5.69 Å². The molecular formula is C11H13NO5.